The Bertz CT molecular complexity index is 305. The van der Waals surface area contributed by atoms with Crippen molar-refractivity contribution in [3.05, 3.63) is 6.07 Å². The fourth-order valence-electron chi connectivity index (χ4n) is 1.14. The number of aliphatic hydroxyl groups excluding tert-OH is 1. The van der Waals surface area contributed by atoms with Crippen molar-refractivity contribution in [1.82, 2.24) is 9.97 Å². The normalized spacial score (nSPS) is 10.0. The highest BCUT2D eigenvalue weighted by Crippen LogP contribution is 2.11. The molecule has 0 saturated carbocycles. The number of nitrogens with two attached hydrogens (primary N) is 1. The average molecular weight is 211 g/mol. The zero-order valence-corrected chi connectivity index (χ0v) is 8.82. The van der Waals surface area contributed by atoms with E-state index >= 15 is 0 Å². The van der Waals surface area contributed by atoms with E-state index in [0.29, 0.717) is 11.6 Å². The van der Waals surface area contributed by atoms with Crippen LogP contribution in [0.15, 0.2) is 6.07 Å². The van der Waals surface area contributed by atoms with Crippen LogP contribution in [-0.2, 0) is 0 Å². The summed E-state index contributed by atoms with van der Waals surface area (Å²) >= 11 is 0. The number of anilines is 3. The van der Waals surface area contributed by atoms with Gasteiger partial charge in [0.15, 0.2) is 0 Å². The van der Waals surface area contributed by atoms with E-state index in [-0.39, 0.29) is 12.6 Å². The van der Waals surface area contributed by atoms with Gasteiger partial charge in [-0.05, 0) is 12.8 Å². The van der Waals surface area contributed by atoms with Crippen molar-refractivity contribution in [2.75, 3.05) is 36.6 Å². The monoisotopic (exact) mass is 211 g/mol. The van der Waals surface area contributed by atoms with E-state index < -0.39 is 0 Å². The highest BCUT2D eigenvalue weighted by Gasteiger charge is 1.99. The second-order valence-corrected chi connectivity index (χ2v) is 3.10. The smallest absolute Gasteiger partial charge is 0.223 e. The number of aliphatic hydroxyl groups is 1. The summed E-state index contributed by atoms with van der Waals surface area (Å²) in [5.41, 5.74) is 5.52. The molecule has 0 spiro atoms. The number of hydrogen-bond acceptors (Lipinski definition) is 6. The van der Waals surface area contributed by atoms with Gasteiger partial charge in [0.1, 0.15) is 11.6 Å². The maximum atomic E-state index is 8.61. The van der Waals surface area contributed by atoms with E-state index in [1.54, 1.807) is 13.1 Å². The molecule has 6 nitrogen and oxygen atoms in total. The first kappa shape index (κ1) is 11.5. The maximum Gasteiger partial charge on any atom is 0.223 e. The van der Waals surface area contributed by atoms with Crippen LogP contribution in [0.5, 0.6) is 0 Å². The van der Waals surface area contributed by atoms with Crippen LogP contribution >= 0.6 is 0 Å². The summed E-state index contributed by atoms with van der Waals surface area (Å²) in [6.45, 7) is 0.982. The zero-order chi connectivity index (χ0) is 11.1. The molecule has 0 unspecified atom stereocenters. The first-order chi connectivity index (χ1) is 7.26. The molecule has 0 aliphatic rings. The predicted molar refractivity (Wildman–Crippen MR) is 60.8 cm³/mol. The molecule has 84 valence electrons. The van der Waals surface area contributed by atoms with Gasteiger partial charge in [0.05, 0.1) is 0 Å². The van der Waals surface area contributed by atoms with Crippen LogP contribution in [0.4, 0.5) is 17.6 Å². The van der Waals surface area contributed by atoms with Crippen LogP contribution in [-0.4, -0.2) is 35.3 Å². The molecule has 1 aromatic rings. The van der Waals surface area contributed by atoms with E-state index in [9.17, 15) is 0 Å². The van der Waals surface area contributed by atoms with Crippen molar-refractivity contribution in [3.8, 4) is 0 Å². The third kappa shape index (κ3) is 3.99. The second-order valence-electron chi connectivity index (χ2n) is 3.10. The summed E-state index contributed by atoms with van der Waals surface area (Å²) in [6.07, 6.45) is 1.68. The number of rotatable bonds is 6. The van der Waals surface area contributed by atoms with E-state index in [0.717, 1.165) is 19.4 Å². The highest BCUT2D eigenvalue weighted by atomic mass is 16.2. The van der Waals surface area contributed by atoms with Crippen LogP contribution in [0.1, 0.15) is 12.8 Å². The van der Waals surface area contributed by atoms with Crippen LogP contribution in [0, 0.1) is 0 Å². The van der Waals surface area contributed by atoms with Gasteiger partial charge in [-0.2, -0.15) is 9.97 Å². The van der Waals surface area contributed by atoms with E-state index in [1.165, 1.54) is 0 Å². The average Bonchev–Trinajstić information content (AvgIpc) is 2.23. The summed E-state index contributed by atoms with van der Waals surface area (Å²) in [6, 6.07) is 1.79. The molecule has 0 aromatic carbocycles. The molecule has 1 heterocycles. The van der Waals surface area contributed by atoms with Crippen molar-refractivity contribution >= 4 is 17.6 Å². The predicted octanol–water partition coefficient (Wildman–Crippen LogP) is 0.285. The quantitative estimate of drug-likeness (QED) is 0.505. The summed E-state index contributed by atoms with van der Waals surface area (Å²) < 4.78 is 0. The molecule has 0 bridgehead atoms. The van der Waals surface area contributed by atoms with Gasteiger partial charge in [-0.15, -0.1) is 0 Å². The maximum absolute atomic E-state index is 8.61. The molecule has 5 N–H and O–H groups in total. The van der Waals surface area contributed by atoms with Crippen LogP contribution < -0.4 is 16.4 Å². The molecule has 1 aromatic heterocycles. The van der Waals surface area contributed by atoms with Gasteiger partial charge in [0, 0.05) is 26.3 Å². The van der Waals surface area contributed by atoms with Crippen LogP contribution in [0.25, 0.3) is 0 Å². The van der Waals surface area contributed by atoms with Crippen molar-refractivity contribution in [3.63, 3.8) is 0 Å². The lowest BCUT2D eigenvalue weighted by Gasteiger charge is -2.07. The minimum atomic E-state index is 0.218. The second kappa shape index (κ2) is 6.02. The topological polar surface area (TPSA) is 96.1 Å². The van der Waals surface area contributed by atoms with Crippen molar-refractivity contribution in [2.24, 2.45) is 0 Å². The molecule has 1 rings (SSSR count). The van der Waals surface area contributed by atoms with Crippen molar-refractivity contribution < 1.29 is 5.11 Å². The lowest BCUT2D eigenvalue weighted by molar-refractivity contribution is 0.286. The molecule has 0 radical (unpaired) electrons. The minimum absolute atomic E-state index is 0.218. The molecular formula is C9H17N5O. The van der Waals surface area contributed by atoms with Gasteiger partial charge in [0.25, 0.3) is 0 Å². The van der Waals surface area contributed by atoms with Gasteiger partial charge < -0.3 is 21.5 Å². The van der Waals surface area contributed by atoms with Gasteiger partial charge in [-0.3, -0.25) is 0 Å². The van der Waals surface area contributed by atoms with Gasteiger partial charge in [0.2, 0.25) is 5.95 Å². The molecule has 0 amide bonds. The Morgan fingerprint density at radius 3 is 2.73 bits per heavy atom. The van der Waals surface area contributed by atoms with Crippen molar-refractivity contribution in [2.45, 2.75) is 12.8 Å². The van der Waals surface area contributed by atoms with Gasteiger partial charge >= 0.3 is 0 Å². The zero-order valence-electron chi connectivity index (χ0n) is 8.82. The molecule has 6 heteroatoms. The summed E-state index contributed by atoms with van der Waals surface area (Å²) in [7, 11) is 1.78. The Kier molecular flexibility index (Phi) is 4.62. The molecule has 0 aliphatic heterocycles. The first-order valence-electron chi connectivity index (χ1n) is 4.93. The Balaban J connectivity index is 2.49. The summed E-state index contributed by atoms with van der Waals surface area (Å²) in [5, 5.41) is 14.6. The van der Waals surface area contributed by atoms with E-state index in [4.69, 9.17) is 10.8 Å². The molecular weight excluding hydrogens is 194 g/mol. The minimum Gasteiger partial charge on any atom is -0.396 e. The molecule has 0 atom stereocenters. The highest BCUT2D eigenvalue weighted by molar-refractivity contribution is 5.50. The number of aromatic nitrogens is 2. The fourth-order valence-corrected chi connectivity index (χ4v) is 1.14. The van der Waals surface area contributed by atoms with Crippen LogP contribution in [0.3, 0.4) is 0 Å². The third-order valence-corrected chi connectivity index (χ3v) is 1.89. The van der Waals surface area contributed by atoms with E-state index in [2.05, 4.69) is 20.6 Å². The number of hydrogen-bond donors (Lipinski definition) is 4. The number of unbranched alkanes of at least 4 members (excludes halogenated alkanes) is 1. The lowest BCUT2D eigenvalue weighted by atomic mass is 10.3. The first-order valence-corrected chi connectivity index (χ1v) is 4.93. The fraction of sp³-hybridized carbons (Fsp3) is 0.556. The SMILES string of the molecule is CNc1cc(NCCCCO)nc(N)n1. The molecule has 0 aliphatic carbocycles. The Hall–Kier alpha value is -1.56. The molecule has 15 heavy (non-hydrogen) atoms. The third-order valence-electron chi connectivity index (χ3n) is 1.89. The summed E-state index contributed by atoms with van der Waals surface area (Å²) in [5.74, 6) is 1.63. The Labute approximate surface area is 88.9 Å². The summed E-state index contributed by atoms with van der Waals surface area (Å²) in [4.78, 5) is 8.00. The Morgan fingerprint density at radius 2 is 2.07 bits per heavy atom. The lowest BCUT2D eigenvalue weighted by Crippen LogP contribution is -2.07. The molecule has 0 fully saturated rings. The van der Waals surface area contributed by atoms with E-state index in [1.807, 2.05) is 0 Å². The van der Waals surface area contributed by atoms with Crippen LogP contribution in [0.2, 0.25) is 0 Å². The number of nitrogens with zero attached hydrogens (tertiary/aromatic N) is 2. The van der Waals surface area contributed by atoms with Gasteiger partial charge in [-0.1, -0.05) is 0 Å². The van der Waals surface area contributed by atoms with Crippen molar-refractivity contribution in [1.29, 1.82) is 0 Å². The Morgan fingerprint density at radius 1 is 1.33 bits per heavy atom. The number of nitrogen functional groups attached to an aromatic ring is 1. The van der Waals surface area contributed by atoms with Gasteiger partial charge in [-0.25, -0.2) is 0 Å². The molecule has 0 saturated heterocycles. The largest absolute Gasteiger partial charge is 0.396 e. The number of nitrogens with one attached hydrogen (secondary N) is 2. The standard InChI is InChI=1S/C9H17N5O/c1-11-7-6-8(14-9(10)13-7)12-4-2-3-5-15/h6,15H,2-5H2,1H3,(H4,10,11,12,13,14).